The fourth-order valence-electron chi connectivity index (χ4n) is 4.39. The number of fused-ring (bicyclic) bond motifs is 3. The van der Waals surface area contributed by atoms with Gasteiger partial charge in [0.25, 0.3) is 0 Å². The Balaban J connectivity index is 1.52. The molecule has 5 nitrogen and oxygen atoms in total. The number of nitrogens with zero attached hydrogens (tertiary/aromatic N) is 2. The Labute approximate surface area is 155 Å². The molecule has 0 spiro atoms. The van der Waals surface area contributed by atoms with Crippen LogP contribution in [0, 0.1) is 5.92 Å². The number of aromatic nitrogens is 1. The van der Waals surface area contributed by atoms with E-state index in [9.17, 15) is 8.42 Å². The fraction of sp³-hybridized carbons (Fsp3) is 0.450. The molecule has 3 saturated heterocycles. The van der Waals surface area contributed by atoms with E-state index < -0.39 is 10.0 Å². The number of hydrogen-bond donors (Lipinski definition) is 1. The third-order valence-electron chi connectivity index (χ3n) is 5.65. The van der Waals surface area contributed by atoms with E-state index >= 15 is 0 Å². The predicted molar refractivity (Wildman–Crippen MR) is 102 cm³/mol. The average molecular weight is 372 g/mol. The summed E-state index contributed by atoms with van der Waals surface area (Å²) in [5.41, 5.74) is 1.99. The van der Waals surface area contributed by atoms with E-state index in [1.54, 1.807) is 6.20 Å². The van der Waals surface area contributed by atoms with E-state index in [4.69, 9.17) is 0 Å². The van der Waals surface area contributed by atoms with Crippen molar-refractivity contribution in [2.24, 2.45) is 5.92 Å². The van der Waals surface area contributed by atoms with Crippen LogP contribution in [0.25, 0.3) is 0 Å². The van der Waals surface area contributed by atoms with Gasteiger partial charge in [-0.15, -0.1) is 0 Å². The van der Waals surface area contributed by atoms with Gasteiger partial charge in [0.1, 0.15) is 0 Å². The molecule has 3 aliphatic rings. The molecule has 3 fully saturated rings. The van der Waals surface area contributed by atoms with Gasteiger partial charge in [-0.1, -0.05) is 36.4 Å². The summed E-state index contributed by atoms with van der Waals surface area (Å²) in [5, 5.41) is 0. The smallest absolute Gasteiger partial charge is 0.216 e. The first-order valence-electron chi connectivity index (χ1n) is 9.28. The normalized spacial score (nSPS) is 28.2. The van der Waals surface area contributed by atoms with Crippen LogP contribution in [0.1, 0.15) is 24.0 Å². The number of sulfonamides is 1. The first-order chi connectivity index (χ1) is 12.6. The molecular formula is C20H25N3O2S. The van der Waals surface area contributed by atoms with Gasteiger partial charge in [-0.3, -0.25) is 9.88 Å². The third kappa shape index (κ3) is 3.98. The summed E-state index contributed by atoms with van der Waals surface area (Å²) < 4.78 is 28.7. The van der Waals surface area contributed by atoms with Crippen LogP contribution in [0.5, 0.6) is 0 Å². The minimum atomic E-state index is -3.37. The van der Waals surface area contributed by atoms with Crippen LogP contribution in [0.3, 0.4) is 0 Å². The zero-order chi connectivity index (χ0) is 18.0. The molecule has 0 unspecified atom stereocenters. The Morgan fingerprint density at radius 1 is 1.04 bits per heavy atom. The van der Waals surface area contributed by atoms with Crippen LogP contribution < -0.4 is 4.72 Å². The van der Waals surface area contributed by atoms with Crippen molar-refractivity contribution in [3.05, 3.63) is 66.0 Å². The maximum absolute atomic E-state index is 12.8. The van der Waals surface area contributed by atoms with E-state index in [1.807, 2.05) is 42.6 Å². The summed E-state index contributed by atoms with van der Waals surface area (Å²) in [6, 6.07) is 13.6. The zero-order valence-corrected chi connectivity index (χ0v) is 15.6. The van der Waals surface area contributed by atoms with Crippen LogP contribution in [0.2, 0.25) is 0 Å². The molecule has 3 aliphatic heterocycles. The molecular weight excluding hydrogens is 346 g/mol. The Hall–Kier alpha value is -1.76. The molecule has 2 bridgehead atoms. The van der Waals surface area contributed by atoms with Gasteiger partial charge in [-0.25, -0.2) is 13.1 Å². The molecule has 1 aromatic carbocycles. The molecule has 2 atom stereocenters. The van der Waals surface area contributed by atoms with Gasteiger partial charge in [0.15, 0.2) is 0 Å². The van der Waals surface area contributed by atoms with Crippen LogP contribution in [-0.4, -0.2) is 43.5 Å². The molecule has 6 heteroatoms. The van der Waals surface area contributed by atoms with Crippen LogP contribution in [-0.2, 0) is 22.2 Å². The highest BCUT2D eigenvalue weighted by atomic mass is 32.2. The Kier molecular flexibility index (Phi) is 5.07. The summed E-state index contributed by atoms with van der Waals surface area (Å²) in [4.78, 5) is 6.66. The van der Waals surface area contributed by atoms with Crippen molar-refractivity contribution >= 4 is 10.0 Å². The summed E-state index contributed by atoms with van der Waals surface area (Å²) >= 11 is 0. The monoisotopic (exact) mass is 371 g/mol. The standard InChI is InChI=1S/C20H25N3O2S/c24-26(25,15-16-5-2-1-3-6-16)22-20-18-8-11-23(12-9-18)19(20)13-17-7-4-10-21-14-17/h1-7,10,14,18-20,22H,8-9,11-13,15H2/t19-,20-/m1/s1. The fourth-order valence-corrected chi connectivity index (χ4v) is 5.86. The van der Waals surface area contributed by atoms with Crippen molar-refractivity contribution in [3.63, 3.8) is 0 Å². The topological polar surface area (TPSA) is 62.3 Å². The maximum Gasteiger partial charge on any atom is 0.216 e. The molecule has 0 radical (unpaired) electrons. The van der Waals surface area contributed by atoms with Gasteiger partial charge in [0, 0.05) is 24.5 Å². The van der Waals surface area contributed by atoms with Crippen LogP contribution >= 0.6 is 0 Å². The van der Waals surface area contributed by atoms with Crippen molar-refractivity contribution in [2.75, 3.05) is 13.1 Å². The van der Waals surface area contributed by atoms with Crippen molar-refractivity contribution in [3.8, 4) is 0 Å². The lowest BCUT2D eigenvalue weighted by Crippen LogP contribution is -2.64. The Bertz CT molecular complexity index is 819. The van der Waals surface area contributed by atoms with Crippen molar-refractivity contribution in [2.45, 2.75) is 37.1 Å². The van der Waals surface area contributed by atoms with E-state index in [-0.39, 0.29) is 17.8 Å². The Morgan fingerprint density at radius 2 is 1.77 bits per heavy atom. The minimum Gasteiger partial charge on any atom is -0.298 e. The largest absolute Gasteiger partial charge is 0.298 e. The number of benzene rings is 1. The summed E-state index contributed by atoms with van der Waals surface area (Å²) in [6.45, 7) is 2.12. The maximum atomic E-state index is 12.8. The van der Waals surface area contributed by atoms with Crippen molar-refractivity contribution in [1.82, 2.24) is 14.6 Å². The van der Waals surface area contributed by atoms with E-state index in [2.05, 4.69) is 20.7 Å². The van der Waals surface area contributed by atoms with Crippen LogP contribution in [0.15, 0.2) is 54.9 Å². The molecule has 26 heavy (non-hydrogen) atoms. The molecule has 0 aliphatic carbocycles. The van der Waals surface area contributed by atoms with Crippen LogP contribution in [0.4, 0.5) is 0 Å². The van der Waals surface area contributed by atoms with Crippen molar-refractivity contribution < 1.29 is 8.42 Å². The van der Waals surface area contributed by atoms with Crippen molar-refractivity contribution in [1.29, 1.82) is 0 Å². The average Bonchev–Trinajstić information content (AvgIpc) is 2.65. The highest BCUT2D eigenvalue weighted by molar-refractivity contribution is 7.88. The van der Waals surface area contributed by atoms with Gasteiger partial charge in [0.2, 0.25) is 10.0 Å². The summed E-state index contributed by atoms with van der Waals surface area (Å²) in [6.07, 6.45) is 6.64. The predicted octanol–water partition coefficient (Wildman–Crippen LogP) is 2.21. The minimum absolute atomic E-state index is 0.0218. The Morgan fingerprint density at radius 3 is 2.46 bits per heavy atom. The summed E-state index contributed by atoms with van der Waals surface area (Å²) in [7, 11) is -3.37. The molecule has 4 heterocycles. The van der Waals surface area contributed by atoms with Gasteiger partial charge >= 0.3 is 0 Å². The first-order valence-corrected chi connectivity index (χ1v) is 10.9. The number of pyridine rings is 1. The SMILES string of the molecule is O=S(=O)(Cc1ccccc1)N[C@@H]1C2CCN(CC2)[C@@H]1Cc1cccnc1. The number of piperidine rings is 3. The molecule has 138 valence electrons. The number of nitrogens with one attached hydrogen (secondary N) is 1. The molecule has 0 amide bonds. The van der Waals surface area contributed by atoms with Gasteiger partial charge in [0.05, 0.1) is 5.75 Å². The lowest BCUT2D eigenvalue weighted by atomic mass is 9.77. The van der Waals surface area contributed by atoms with Gasteiger partial charge in [-0.2, -0.15) is 0 Å². The number of rotatable bonds is 6. The summed E-state index contributed by atoms with van der Waals surface area (Å²) in [5.74, 6) is 0.462. The lowest BCUT2D eigenvalue weighted by molar-refractivity contribution is 0.0222. The quantitative estimate of drug-likeness (QED) is 0.846. The number of hydrogen-bond acceptors (Lipinski definition) is 4. The lowest BCUT2D eigenvalue weighted by Gasteiger charge is -2.51. The third-order valence-corrected chi connectivity index (χ3v) is 6.99. The van der Waals surface area contributed by atoms with Gasteiger partial charge < -0.3 is 0 Å². The van der Waals surface area contributed by atoms with E-state index in [0.29, 0.717) is 5.92 Å². The highest BCUT2D eigenvalue weighted by Gasteiger charge is 2.43. The molecule has 1 aromatic heterocycles. The molecule has 0 saturated carbocycles. The molecule has 1 N–H and O–H groups in total. The zero-order valence-electron chi connectivity index (χ0n) is 14.8. The first kappa shape index (κ1) is 17.6. The second kappa shape index (κ2) is 7.47. The molecule has 5 rings (SSSR count). The van der Waals surface area contributed by atoms with E-state index in [0.717, 1.165) is 43.5 Å². The van der Waals surface area contributed by atoms with Gasteiger partial charge in [-0.05, 0) is 55.5 Å². The van der Waals surface area contributed by atoms with E-state index in [1.165, 1.54) is 0 Å². The second-order valence-electron chi connectivity index (χ2n) is 7.39. The molecule has 2 aromatic rings. The second-order valence-corrected chi connectivity index (χ2v) is 9.15. The highest BCUT2D eigenvalue weighted by Crippen LogP contribution is 2.34.